The van der Waals surface area contributed by atoms with Crippen LogP contribution in [0.15, 0.2) is 72.9 Å². The molecule has 0 aliphatic carbocycles. The van der Waals surface area contributed by atoms with Crippen LogP contribution in [-0.4, -0.2) is 4.98 Å². The van der Waals surface area contributed by atoms with E-state index in [9.17, 15) is 0 Å². The van der Waals surface area contributed by atoms with Gasteiger partial charge in [0.1, 0.15) is 0 Å². The number of rotatable bonds is 1. The maximum Gasteiger partial charge on any atom is 0.0167 e. The second kappa shape index (κ2) is 5.79. The Labute approximate surface area is 137 Å². The van der Waals surface area contributed by atoms with Gasteiger partial charge in [-0.2, -0.15) is 0 Å². The molecule has 21 heavy (non-hydrogen) atoms. The molecular formula is C19H12NPt-. The Balaban J connectivity index is 0.00000132. The van der Waals surface area contributed by atoms with Gasteiger partial charge in [0, 0.05) is 27.3 Å². The molecule has 0 saturated heterocycles. The fourth-order valence-corrected chi connectivity index (χ4v) is 2.60. The first kappa shape index (κ1) is 14.0. The van der Waals surface area contributed by atoms with E-state index < -0.39 is 0 Å². The minimum Gasteiger partial charge on any atom is -0.304 e. The van der Waals surface area contributed by atoms with Crippen molar-refractivity contribution in [3.8, 4) is 11.3 Å². The third-order valence-corrected chi connectivity index (χ3v) is 3.61. The number of fused-ring (bicyclic) bond motifs is 2. The summed E-state index contributed by atoms with van der Waals surface area (Å²) in [5, 5.41) is 4.80. The number of aromatic nitrogens is 1. The van der Waals surface area contributed by atoms with Crippen LogP contribution in [-0.2, 0) is 21.1 Å². The maximum absolute atomic E-state index is 4.55. The number of benzene rings is 3. The second-order valence-electron chi connectivity index (χ2n) is 4.86. The molecule has 3 aromatic carbocycles. The summed E-state index contributed by atoms with van der Waals surface area (Å²) in [5.74, 6) is 0. The SMILES string of the molecule is [Pt].[c-]1cc2ccccc2cc1-c1nccc2ccccc12. The summed E-state index contributed by atoms with van der Waals surface area (Å²) in [6.07, 6.45) is 1.86. The molecular weight excluding hydrogens is 437 g/mol. The Bertz CT molecular complexity index is 910. The smallest absolute Gasteiger partial charge is 0.0167 e. The van der Waals surface area contributed by atoms with E-state index >= 15 is 0 Å². The van der Waals surface area contributed by atoms with E-state index in [1.54, 1.807) is 0 Å². The van der Waals surface area contributed by atoms with Crippen LogP contribution < -0.4 is 0 Å². The van der Waals surface area contributed by atoms with Gasteiger partial charge < -0.3 is 4.98 Å². The molecule has 4 aromatic rings. The molecule has 104 valence electrons. The largest absolute Gasteiger partial charge is 0.304 e. The van der Waals surface area contributed by atoms with Crippen molar-refractivity contribution in [3.05, 3.63) is 79.0 Å². The van der Waals surface area contributed by atoms with E-state index in [-0.39, 0.29) is 21.1 Å². The summed E-state index contributed by atoms with van der Waals surface area (Å²) in [6, 6.07) is 26.2. The van der Waals surface area contributed by atoms with Crippen LogP contribution in [0.4, 0.5) is 0 Å². The van der Waals surface area contributed by atoms with Crippen molar-refractivity contribution in [1.82, 2.24) is 4.98 Å². The van der Waals surface area contributed by atoms with Gasteiger partial charge in [0.05, 0.1) is 0 Å². The molecule has 0 bridgehead atoms. The van der Waals surface area contributed by atoms with Crippen LogP contribution in [0.25, 0.3) is 32.8 Å². The van der Waals surface area contributed by atoms with E-state index in [2.05, 4.69) is 59.6 Å². The Morgan fingerprint density at radius 2 is 1.48 bits per heavy atom. The van der Waals surface area contributed by atoms with Crippen LogP contribution in [0.1, 0.15) is 0 Å². The topological polar surface area (TPSA) is 12.9 Å². The summed E-state index contributed by atoms with van der Waals surface area (Å²) in [5.41, 5.74) is 2.04. The monoisotopic (exact) mass is 449 g/mol. The molecule has 1 aromatic heterocycles. The second-order valence-corrected chi connectivity index (χ2v) is 4.86. The molecule has 1 heterocycles. The molecule has 1 nitrogen and oxygen atoms in total. The van der Waals surface area contributed by atoms with Gasteiger partial charge in [-0.25, -0.2) is 0 Å². The molecule has 0 saturated carbocycles. The molecule has 0 aliphatic rings. The summed E-state index contributed by atoms with van der Waals surface area (Å²) in [7, 11) is 0. The fraction of sp³-hybridized carbons (Fsp3) is 0. The van der Waals surface area contributed by atoms with Crippen molar-refractivity contribution in [2.24, 2.45) is 0 Å². The number of hydrogen-bond donors (Lipinski definition) is 0. The van der Waals surface area contributed by atoms with Crippen LogP contribution in [0.2, 0.25) is 0 Å². The standard InChI is InChI=1S/C19H12N.Pt/c1-2-7-16-13-17(10-9-14(16)5-1)19-18-8-4-3-6-15(18)11-12-20-19;/h1-9,11-13H;/q-1;. The molecule has 4 rings (SSSR count). The van der Waals surface area contributed by atoms with Gasteiger partial charge in [0.25, 0.3) is 0 Å². The third kappa shape index (κ3) is 2.50. The molecule has 2 heteroatoms. The molecule has 0 unspecified atom stereocenters. The van der Waals surface area contributed by atoms with Crippen molar-refractivity contribution in [2.45, 2.75) is 0 Å². The molecule has 0 radical (unpaired) electrons. The van der Waals surface area contributed by atoms with Crippen molar-refractivity contribution >= 4 is 21.5 Å². The van der Waals surface area contributed by atoms with Crippen molar-refractivity contribution in [3.63, 3.8) is 0 Å². The van der Waals surface area contributed by atoms with Gasteiger partial charge >= 0.3 is 0 Å². The van der Waals surface area contributed by atoms with Gasteiger partial charge in [0.2, 0.25) is 0 Å². The summed E-state index contributed by atoms with van der Waals surface area (Å²) >= 11 is 0. The molecule has 0 amide bonds. The molecule has 0 N–H and O–H groups in total. The van der Waals surface area contributed by atoms with Crippen molar-refractivity contribution in [1.29, 1.82) is 0 Å². The summed E-state index contributed by atoms with van der Waals surface area (Å²) in [6.45, 7) is 0. The van der Waals surface area contributed by atoms with Crippen LogP contribution >= 0.6 is 0 Å². The predicted octanol–water partition coefficient (Wildman–Crippen LogP) is 4.85. The van der Waals surface area contributed by atoms with Crippen LogP contribution in [0.3, 0.4) is 0 Å². The molecule has 0 aliphatic heterocycles. The van der Waals surface area contributed by atoms with Crippen molar-refractivity contribution < 1.29 is 21.1 Å². The Kier molecular flexibility index (Phi) is 3.85. The minimum absolute atomic E-state index is 0. The number of hydrogen-bond acceptors (Lipinski definition) is 1. The minimum atomic E-state index is 0. The molecule has 0 atom stereocenters. The van der Waals surface area contributed by atoms with Crippen LogP contribution in [0.5, 0.6) is 0 Å². The first-order chi connectivity index (χ1) is 9.92. The van der Waals surface area contributed by atoms with Gasteiger partial charge in [-0.1, -0.05) is 53.9 Å². The van der Waals surface area contributed by atoms with Gasteiger partial charge in [-0.05, 0) is 22.5 Å². The van der Waals surface area contributed by atoms with Gasteiger partial charge in [0.15, 0.2) is 0 Å². The number of nitrogens with zero attached hydrogens (tertiary/aromatic N) is 1. The molecule has 0 fully saturated rings. The van der Waals surface area contributed by atoms with E-state index in [4.69, 9.17) is 0 Å². The van der Waals surface area contributed by atoms with E-state index in [0.717, 1.165) is 11.3 Å². The fourth-order valence-electron chi connectivity index (χ4n) is 2.60. The molecule has 0 spiro atoms. The predicted molar refractivity (Wildman–Crippen MR) is 83.5 cm³/mol. The summed E-state index contributed by atoms with van der Waals surface area (Å²) in [4.78, 5) is 4.55. The van der Waals surface area contributed by atoms with E-state index in [0.29, 0.717) is 0 Å². The summed E-state index contributed by atoms with van der Waals surface area (Å²) < 4.78 is 0. The zero-order valence-electron chi connectivity index (χ0n) is 11.2. The Morgan fingerprint density at radius 1 is 0.762 bits per heavy atom. The van der Waals surface area contributed by atoms with Gasteiger partial charge in [-0.15, -0.1) is 29.1 Å². The first-order valence-corrected chi connectivity index (χ1v) is 6.66. The normalized spacial score (nSPS) is 10.5. The first-order valence-electron chi connectivity index (χ1n) is 6.66. The number of pyridine rings is 1. The maximum atomic E-state index is 4.55. The average Bonchev–Trinajstić information content (AvgIpc) is 2.54. The zero-order chi connectivity index (χ0) is 13.4. The van der Waals surface area contributed by atoms with Crippen LogP contribution in [0, 0.1) is 6.07 Å². The van der Waals surface area contributed by atoms with E-state index in [1.807, 2.05) is 24.4 Å². The zero-order valence-corrected chi connectivity index (χ0v) is 13.5. The van der Waals surface area contributed by atoms with E-state index in [1.165, 1.54) is 21.5 Å². The quantitative estimate of drug-likeness (QED) is 0.379. The van der Waals surface area contributed by atoms with Crippen molar-refractivity contribution in [2.75, 3.05) is 0 Å². The average molecular weight is 449 g/mol. The van der Waals surface area contributed by atoms with Gasteiger partial charge in [-0.3, -0.25) is 0 Å². The third-order valence-electron chi connectivity index (χ3n) is 3.61. The Hall–Kier alpha value is -1.98. The Morgan fingerprint density at radius 3 is 2.33 bits per heavy atom.